The van der Waals surface area contributed by atoms with Crippen molar-refractivity contribution in [2.75, 3.05) is 32.5 Å². The monoisotopic (exact) mass is 414 g/mol. The third kappa shape index (κ3) is 3.64. The average molecular weight is 415 g/mol. The minimum atomic E-state index is -0.770. The van der Waals surface area contributed by atoms with Crippen molar-refractivity contribution in [3.05, 3.63) is 43.6 Å². The minimum Gasteiger partial charge on any atom is -0.466 e. The van der Waals surface area contributed by atoms with Crippen LogP contribution in [0.25, 0.3) is 0 Å². The summed E-state index contributed by atoms with van der Waals surface area (Å²) in [6.45, 7) is 1.50. The Morgan fingerprint density at radius 3 is 2.48 bits per heavy atom. The molecular weight excluding hydrogens is 400 g/mol. The summed E-state index contributed by atoms with van der Waals surface area (Å²) in [6, 6.07) is 2.85. The summed E-state index contributed by atoms with van der Waals surface area (Å²) in [5.74, 6) is -1.51. The molecule has 1 heterocycles. The summed E-state index contributed by atoms with van der Waals surface area (Å²) in [6.07, 6.45) is 0. The molecule has 0 bridgehead atoms. The minimum absolute atomic E-state index is 0.0226. The highest BCUT2D eigenvalue weighted by Gasteiger charge is 2.34. The predicted molar refractivity (Wildman–Crippen MR) is 89.9 cm³/mol. The highest BCUT2D eigenvalue weighted by Crippen LogP contribution is 2.36. The van der Waals surface area contributed by atoms with Gasteiger partial charge in [0.2, 0.25) is 0 Å². The van der Waals surface area contributed by atoms with Gasteiger partial charge in [0.25, 0.3) is 5.69 Å². The molecule has 1 aliphatic heterocycles. The Kier molecular flexibility index (Phi) is 5.75. The maximum Gasteiger partial charge on any atom is 0.355 e. The summed E-state index contributed by atoms with van der Waals surface area (Å²) in [5.41, 5.74) is 0.700. The third-order valence-corrected chi connectivity index (χ3v) is 4.22. The summed E-state index contributed by atoms with van der Waals surface area (Å²) in [5, 5.41) is 11.2. The van der Waals surface area contributed by atoms with E-state index in [1.165, 1.54) is 25.2 Å². The van der Waals surface area contributed by atoms with Gasteiger partial charge in [0.05, 0.1) is 41.5 Å². The molecule has 9 nitrogen and oxygen atoms in total. The highest BCUT2D eigenvalue weighted by molar-refractivity contribution is 9.10. The molecule has 0 fully saturated rings. The quantitative estimate of drug-likeness (QED) is 0.418. The topological polar surface area (TPSA) is 108 Å². The lowest BCUT2D eigenvalue weighted by atomic mass is 10.1. The van der Waals surface area contributed by atoms with Crippen LogP contribution in [0, 0.1) is 17.0 Å². The molecule has 0 saturated heterocycles. The second-order valence-electron chi connectivity index (χ2n) is 5.06. The first kappa shape index (κ1) is 18.9. The summed E-state index contributed by atoms with van der Waals surface area (Å²) >= 11 is 3.14. The van der Waals surface area contributed by atoms with Gasteiger partial charge in [0, 0.05) is 6.07 Å². The molecule has 0 amide bonds. The Bertz CT molecular complexity index is 775. The van der Waals surface area contributed by atoms with E-state index in [1.807, 2.05) is 0 Å². The van der Waals surface area contributed by atoms with E-state index >= 15 is 0 Å². The molecule has 134 valence electrons. The van der Waals surface area contributed by atoms with Gasteiger partial charge in [-0.25, -0.2) is 9.59 Å². The van der Waals surface area contributed by atoms with Gasteiger partial charge in [-0.05, 0) is 34.5 Å². The number of esters is 2. The SMILES string of the molecule is COC(=O)C1=C(C(=O)OC)N(c2cc([N+](=O)[O-])c(Br)cc2C)COC1. The van der Waals surface area contributed by atoms with Gasteiger partial charge < -0.3 is 19.1 Å². The lowest BCUT2D eigenvalue weighted by molar-refractivity contribution is -0.385. The molecule has 1 aromatic rings. The van der Waals surface area contributed by atoms with Gasteiger partial charge in [-0.3, -0.25) is 10.1 Å². The first-order valence-corrected chi connectivity index (χ1v) is 7.80. The second-order valence-corrected chi connectivity index (χ2v) is 5.92. The number of nitro benzene ring substituents is 1. The lowest BCUT2D eigenvalue weighted by Crippen LogP contribution is -2.39. The predicted octanol–water partition coefficient (Wildman–Crippen LogP) is 2.06. The number of anilines is 1. The zero-order valence-electron chi connectivity index (χ0n) is 13.7. The van der Waals surface area contributed by atoms with E-state index in [-0.39, 0.29) is 30.3 Å². The standard InChI is InChI=1S/C15H15BrN2O7/c1-8-4-10(16)12(18(21)22)5-11(8)17-7-25-6-9(14(19)23-2)13(17)15(20)24-3/h4-5H,6-7H2,1-3H3. The Hall–Kier alpha value is -2.46. The lowest BCUT2D eigenvalue weighted by Gasteiger charge is -2.32. The van der Waals surface area contributed by atoms with Crippen molar-refractivity contribution in [1.29, 1.82) is 0 Å². The van der Waals surface area contributed by atoms with E-state index in [4.69, 9.17) is 9.47 Å². The van der Waals surface area contributed by atoms with Crippen molar-refractivity contribution >= 4 is 39.2 Å². The average Bonchev–Trinajstić information content (AvgIpc) is 2.59. The number of methoxy groups -OCH3 is 2. The van der Waals surface area contributed by atoms with Gasteiger partial charge in [0.15, 0.2) is 0 Å². The Balaban J connectivity index is 2.67. The Morgan fingerprint density at radius 2 is 1.92 bits per heavy atom. The van der Waals surface area contributed by atoms with E-state index in [2.05, 4.69) is 20.7 Å². The maximum absolute atomic E-state index is 12.3. The van der Waals surface area contributed by atoms with Crippen LogP contribution >= 0.6 is 15.9 Å². The van der Waals surface area contributed by atoms with E-state index in [9.17, 15) is 19.7 Å². The van der Waals surface area contributed by atoms with Crippen LogP contribution in [0.5, 0.6) is 0 Å². The number of nitro groups is 1. The smallest absolute Gasteiger partial charge is 0.355 e. The largest absolute Gasteiger partial charge is 0.466 e. The second kappa shape index (κ2) is 7.62. The van der Waals surface area contributed by atoms with Crippen LogP contribution in [0.1, 0.15) is 5.56 Å². The molecule has 0 atom stereocenters. The molecule has 0 N–H and O–H groups in total. The van der Waals surface area contributed by atoms with Crippen LogP contribution in [0.3, 0.4) is 0 Å². The number of aryl methyl sites for hydroxylation is 1. The molecule has 0 aromatic heterocycles. The molecule has 0 unspecified atom stereocenters. The van der Waals surface area contributed by atoms with Gasteiger partial charge in [-0.2, -0.15) is 0 Å². The van der Waals surface area contributed by atoms with Crippen LogP contribution < -0.4 is 4.90 Å². The number of carbonyl (C=O) groups excluding carboxylic acids is 2. The Morgan fingerprint density at radius 1 is 1.28 bits per heavy atom. The molecule has 1 aromatic carbocycles. The van der Waals surface area contributed by atoms with Crippen molar-refractivity contribution in [1.82, 2.24) is 0 Å². The molecule has 0 aliphatic carbocycles. The number of halogens is 1. The van der Waals surface area contributed by atoms with Crippen molar-refractivity contribution in [3.8, 4) is 0 Å². The third-order valence-electron chi connectivity index (χ3n) is 3.59. The molecule has 0 spiro atoms. The van der Waals surface area contributed by atoms with Crippen molar-refractivity contribution in [3.63, 3.8) is 0 Å². The molecular formula is C15H15BrN2O7. The van der Waals surface area contributed by atoms with E-state index < -0.39 is 16.9 Å². The number of benzene rings is 1. The number of rotatable bonds is 4. The van der Waals surface area contributed by atoms with Crippen molar-refractivity contribution < 1.29 is 28.7 Å². The van der Waals surface area contributed by atoms with Crippen molar-refractivity contribution in [2.24, 2.45) is 0 Å². The number of hydrogen-bond donors (Lipinski definition) is 0. The van der Waals surface area contributed by atoms with E-state index in [1.54, 1.807) is 13.0 Å². The number of hydrogen-bond acceptors (Lipinski definition) is 8. The Labute approximate surface area is 151 Å². The zero-order chi connectivity index (χ0) is 18.7. The molecule has 25 heavy (non-hydrogen) atoms. The van der Waals surface area contributed by atoms with Gasteiger partial charge >= 0.3 is 11.9 Å². The summed E-state index contributed by atoms with van der Waals surface area (Å²) in [7, 11) is 2.35. The molecule has 10 heteroatoms. The van der Waals surface area contributed by atoms with Gasteiger partial charge in [-0.1, -0.05) is 0 Å². The fraction of sp³-hybridized carbons (Fsp3) is 0.333. The highest BCUT2D eigenvalue weighted by atomic mass is 79.9. The summed E-state index contributed by atoms with van der Waals surface area (Å²) < 4.78 is 15.1. The first-order valence-electron chi connectivity index (χ1n) is 7.01. The molecule has 0 radical (unpaired) electrons. The fourth-order valence-electron chi connectivity index (χ4n) is 2.41. The normalized spacial score (nSPS) is 14.3. The molecule has 0 saturated carbocycles. The van der Waals surface area contributed by atoms with Gasteiger partial charge in [-0.15, -0.1) is 0 Å². The van der Waals surface area contributed by atoms with Crippen molar-refractivity contribution in [2.45, 2.75) is 6.92 Å². The maximum atomic E-state index is 12.3. The zero-order valence-corrected chi connectivity index (χ0v) is 15.3. The summed E-state index contributed by atoms with van der Waals surface area (Å²) in [4.78, 5) is 36.2. The fourth-order valence-corrected chi connectivity index (χ4v) is 3.02. The van der Waals surface area contributed by atoms with Crippen LogP contribution in [0.15, 0.2) is 27.9 Å². The van der Waals surface area contributed by atoms with Crippen LogP contribution in [-0.2, 0) is 23.8 Å². The van der Waals surface area contributed by atoms with E-state index in [0.717, 1.165) is 0 Å². The number of ether oxygens (including phenoxy) is 3. The van der Waals surface area contributed by atoms with Gasteiger partial charge in [0.1, 0.15) is 12.4 Å². The number of carbonyl (C=O) groups is 2. The molecule has 2 rings (SSSR count). The first-order chi connectivity index (χ1) is 11.8. The van der Waals surface area contributed by atoms with E-state index in [0.29, 0.717) is 15.7 Å². The van der Waals surface area contributed by atoms with Crippen LogP contribution in [-0.4, -0.2) is 44.4 Å². The number of nitrogens with zero attached hydrogens (tertiary/aromatic N) is 2. The van der Waals surface area contributed by atoms with Crippen LogP contribution in [0.4, 0.5) is 11.4 Å². The molecule has 1 aliphatic rings. The van der Waals surface area contributed by atoms with Crippen LogP contribution in [0.2, 0.25) is 0 Å².